The Morgan fingerprint density at radius 2 is 1.79 bits per heavy atom. The van der Waals surface area contributed by atoms with Gasteiger partial charge in [0, 0.05) is 43.8 Å². The Bertz CT molecular complexity index is 902. The number of para-hydroxylation sites is 1. The minimum atomic E-state index is -0.987. The molecule has 1 aliphatic rings. The van der Waals surface area contributed by atoms with Gasteiger partial charge < -0.3 is 19.8 Å². The predicted molar refractivity (Wildman–Crippen MR) is 117 cm³/mol. The molecule has 1 heterocycles. The zero-order chi connectivity index (χ0) is 20.8. The van der Waals surface area contributed by atoms with Crippen LogP contribution in [0.2, 0.25) is 0 Å². The molecule has 0 aromatic heterocycles. The first-order valence-electron chi connectivity index (χ1n) is 9.74. The van der Waals surface area contributed by atoms with Crippen LogP contribution in [0, 0.1) is 0 Å². The van der Waals surface area contributed by atoms with E-state index in [0.717, 1.165) is 31.7 Å². The number of likely N-dealkylation sites (N-methyl/N-ethyl adjacent to an activating group) is 1. The number of hydrogen-bond donors (Lipinski definition) is 1. The highest BCUT2D eigenvalue weighted by Crippen LogP contribution is 2.24. The van der Waals surface area contributed by atoms with Crippen LogP contribution in [-0.4, -0.2) is 61.5 Å². The maximum atomic E-state index is 11.8. The minimum Gasteiger partial charge on any atom is -0.478 e. The summed E-state index contributed by atoms with van der Waals surface area (Å²) < 4.78 is 0. The molecule has 1 fully saturated rings. The van der Waals surface area contributed by atoms with Crippen LogP contribution in [0.3, 0.4) is 0 Å². The molecule has 1 saturated heterocycles. The van der Waals surface area contributed by atoms with E-state index in [1.807, 2.05) is 30.5 Å². The van der Waals surface area contributed by atoms with E-state index in [0.29, 0.717) is 5.69 Å². The van der Waals surface area contributed by atoms with Crippen molar-refractivity contribution in [1.29, 1.82) is 0 Å². The van der Waals surface area contributed by atoms with Gasteiger partial charge in [0.1, 0.15) is 5.78 Å². The average molecular weight is 393 g/mol. The van der Waals surface area contributed by atoms with Gasteiger partial charge in [-0.15, -0.1) is 0 Å². The molecule has 3 rings (SSSR count). The molecule has 152 valence electrons. The standard InChI is InChI=1S/C23H27N3O3/c1-18(27)17-26(21-8-5-7-20(16-21)23(28)29)11-10-19-6-3-4-9-22(19)25-14-12-24(2)13-15-25/h3-11,16H,12-15,17H2,1-2H3,(H,28,29). The molecule has 0 amide bonds. The molecule has 1 N–H and O–H groups in total. The number of aromatic carboxylic acids is 1. The second-order valence-electron chi connectivity index (χ2n) is 7.35. The van der Waals surface area contributed by atoms with Crippen LogP contribution in [0.1, 0.15) is 22.8 Å². The number of carboxylic acids is 1. The molecular weight excluding hydrogens is 366 g/mol. The van der Waals surface area contributed by atoms with E-state index in [1.54, 1.807) is 23.1 Å². The Morgan fingerprint density at radius 1 is 1.07 bits per heavy atom. The summed E-state index contributed by atoms with van der Waals surface area (Å²) in [7, 11) is 2.13. The number of benzene rings is 2. The highest BCUT2D eigenvalue weighted by atomic mass is 16.4. The fraction of sp³-hybridized carbons (Fsp3) is 0.304. The lowest BCUT2D eigenvalue weighted by molar-refractivity contribution is -0.115. The fourth-order valence-corrected chi connectivity index (χ4v) is 3.42. The molecule has 2 aromatic rings. The molecule has 0 bridgehead atoms. The van der Waals surface area contributed by atoms with Gasteiger partial charge in [-0.2, -0.15) is 0 Å². The number of rotatable bonds is 7. The average Bonchev–Trinajstić information content (AvgIpc) is 2.72. The fourth-order valence-electron chi connectivity index (χ4n) is 3.42. The molecule has 2 aromatic carbocycles. The second-order valence-corrected chi connectivity index (χ2v) is 7.35. The van der Waals surface area contributed by atoms with E-state index in [2.05, 4.69) is 29.0 Å². The van der Waals surface area contributed by atoms with Crippen LogP contribution in [0.5, 0.6) is 0 Å². The Kier molecular flexibility index (Phi) is 6.67. The lowest BCUT2D eigenvalue weighted by Crippen LogP contribution is -2.44. The number of carboxylic acid groups (broad SMARTS) is 1. The SMILES string of the molecule is CC(=O)CN(C=Cc1ccccc1N1CCN(C)CC1)c1cccc(C(=O)O)c1. The highest BCUT2D eigenvalue weighted by molar-refractivity contribution is 5.89. The van der Waals surface area contributed by atoms with Gasteiger partial charge in [0.05, 0.1) is 12.1 Å². The molecule has 1 aliphatic heterocycles. The summed E-state index contributed by atoms with van der Waals surface area (Å²) in [5, 5.41) is 9.27. The number of carbonyl (C=O) groups is 2. The maximum absolute atomic E-state index is 11.8. The maximum Gasteiger partial charge on any atom is 0.335 e. The van der Waals surface area contributed by atoms with Crippen molar-refractivity contribution in [3.63, 3.8) is 0 Å². The Morgan fingerprint density at radius 3 is 2.48 bits per heavy atom. The van der Waals surface area contributed by atoms with Crippen LogP contribution in [0.25, 0.3) is 6.08 Å². The number of piperazine rings is 1. The smallest absolute Gasteiger partial charge is 0.335 e. The number of carbonyl (C=O) groups excluding carboxylic acids is 1. The van der Waals surface area contributed by atoms with Crippen molar-refractivity contribution in [3.8, 4) is 0 Å². The molecule has 0 atom stereocenters. The summed E-state index contributed by atoms with van der Waals surface area (Å²) in [6.45, 7) is 5.70. The van der Waals surface area contributed by atoms with E-state index < -0.39 is 5.97 Å². The molecule has 0 saturated carbocycles. The third-order valence-corrected chi connectivity index (χ3v) is 5.03. The van der Waals surface area contributed by atoms with E-state index in [-0.39, 0.29) is 17.9 Å². The first-order valence-corrected chi connectivity index (χ1v) is 9.74. The number of nitrogens with zero attached hydrogens (tertiary/aromatic N) is 3. The number of anilines is 2. The molecule has 0 radical (unpaired) electrons. The number of Topliss-reactive ketones (excluding diaryl/α,β-unsaturated/α-hetero) is 1. The van der Waals surface area contributed by atoms with Crippen LogP contribution in [0.4, 0.5) is 11.4 Å². The van der Waals surface area contributed by atoms with Crippen molar-refractivity contribution in [3.05, 3.63) is 65.9 Å². The monoisotopic (exact) mass is 393 g/mol. The van der Waals surface area contributed by atoms with E-state index in [9.17, 15) is 14.7 Å². The van der Waals surface area contributed by atoms with Crippen molar-refractivity contribution < 1.29 is 14.7 Å². The van der Waals surface area contributed by atoms with Crippen molar-refractivity contribution in [2.45, 2.75) is 6.92 Å². The predicted octanol–water partition coefficient (Wildman–Crippen LogP) is 3.20. The molecule has 6 nitrogen and oxygen atoms in total. The largest absolute Gasteiger partial charge is 0.478 e. The molecule has 6 heteroatoms. The third-order valence-electron chi connectivity index (χ3n) is 5.03. The van der Waals surface area contributed by atoms with Crippen molar-refractivity contribution in [2.24, 2.45) is 0 Å². The molecule has 0 unspecified atom stereocenters. The molecular formula is C23H27N3O3. The quantitative estimate of drug-likeness (QED) is 0.779. The van der Waals surface area contributed by atoms with Gasteiger partial charge in [-0.05, 0) is 49.9 Å². The van der Waals surface area contributed by atoms with Crippen LogP contribution in [0.15, 0.2) is 54.7 Å². The van der Waals surface area contributed by atoms with E-state index in [1.165, 1.54) is 12.6 Å². The van der Waals surface area contributed by atoms with Gasteiger partial charge in [0.25, 0.3) is 0 Å². The van der Waals surface area contributed by atoms with Crippen LogP contribution < -0.4 is 9.80 Å². The first kappa shape index (κ1) is 20.6. The summed E-state index contributed by atoms with van der Waals surface area (Å²) in [5.41, 5.74) is 3.11. The molecule has 0 spiro atoms. The Balaban J connectivity index is 1.88. The van der Waals surface area contributed by atoms with E-state index in [4.69, 9.17) is 0 Å². The van der Waals surface area contributed by atoms with Crippen LogP contribution in [-0.2, 0) is 4.79 Å². The van der Waals surface area contributed by atoms with Gasteiger partial charge in [0.15, 0.2) is 0 Å². The zero-order valence-corrected chi connectivity index (χ0v) is 16.9. The van der Waals surface area contributed by atoms with Gasteiger partial charge in [-0.1, -0.05) is 24.3 Å². The molecule has 29 heavy (non-hydrogen) atoms. The lowest BCUT2D eigenvalue weighted by Gasteiger charge is -2.35. The number of hydrogen-bond acceptors (Lipinski definition) is 5. The summed E-state index contributed by atoms with van der Waals surface area (Å²) in [6.07, 6.45) is 3.85. The van der Waals surface area contributed by atoms with Gasteiger partial charge in [-0.25, -0.2) is 4.79 Å². The second kappa shape index (κ2) is 9.39. The van der Waals surface area contributed by atoms with E-state index >= 15 is 0 Å². The Hall–Kier alpha value is -3.12. The highest BCUT2D eigenvalue weighted by Gasteiger charge is 2.16. The number of ketones is 1. The minimum absolute atomic E-state index is 0.00253. The summed E-state index contributed by atoms with van der Waals surface area (Å²) in [4.78, 5) is 29.6. The van der Waals surface area contributed by atoms with Gasteiger partial charge >= 0.3 is 5.97 Å². The van der Waals surface area contributed by atoms with Gasteiger partial charge in [-0.3, -0.25) is 4.79 Å². The summed E-state index contributed by atoms with van der Waals surface area (Å²) in [6, 6.07) is 14.8. The van der Waals surface area contributed by atoms with Crippen molar-refractivity contribution >= 4 is 29.2 Å². The normalized spacial score (nSPS) is 14.9. The van der Waals surface area contributed by atoms with Crippen LogP contribution >= 0.6 is 0 Å². The molecule has 0 aliphatic carbocycles. The van der Waals surface area contributed by atoms with Gasteiger partial charge in [0.2, 0.25) is 0 Å². The van der Waals surface area contributed by atoms with Crippen molar-refractivity contribution in [2.75, 3.05) is 49.6 Å². The topological polar surface area (TPSA) is 64.1 Å². The third kappa shape index (κ3) is 5.45. The Labute approximate surface area is 171 Å². The summed E-state index contributed by atoms with van der Waals surface area (Å²) >= 11 is 0. The van der Waals surface area contributed by atoms with Crippen molar-refractivity contribution in [1.82, 2.24) is 4.90 Å². The zero-order valence-electron chi connectivity index (χ0n) is 16.9. The lowest BCUT2D eigenvalue weighted by atomic mass is 10.1. The first-order chi connectivity index (χ1) is 13.9. The summed E-state index contributed by atoms with van der Waals surface area (Å²) in [5.74, 6) is -0.984.